The summed E-state index contributed by atoms with van der Waals surface area (Å²) in [5.41, 5.74) is 0. The molecule has 1 aromatic rings. The van der Waals surface area contributed by atoms with Crippen LogP contribution in [-0.4, -0.2) is 48.9 Å². The third-order valence-corrected chi connectivity index (χ3v) is 5.96. The van der Waals surface area contributed by atoms with Crippen molar-refractivity contribution in [3.05, 3.63) is 20.8 Å². The summed E-state index contributed by atoms with van der Waals surface area (Å²) >= 11 is 4.67. The molecular weight excluding hydrogens is 390 g/mol. The molecule has 1 atom stereocenters. The molecule has 1 aliphatic heterocycles. The fraction of sp³-hybridized carbons (Fsp3) is 0.647. The van der Waals surface area contributed by atoms with Crippen molar-refractivity contribution >= 4 is 39.1 Å². The van der Waals surface area contributed by atoms with Gasteiger partial charge in [-0.1, -0.05) is 6.42 Å². The van der Waals surface area contributed by atoms with Crippen molar-refractivity contribution in [1.29, 1.82) is 0 Å². The van der Waals surface area contributed by atoms with Gasteiger partial charge in [0.2, 0.25) is 5.91 Å². The first-order chi connectivity index (χ1) is 11.6. The molecule has 0 bridgehead atoms. The van der Waals surface area contributed by atoms with Crippen molar-refractivity contribution in [3.8, 4) is 0 Å². The molecule has 0 aromatic carbocycles. The van der Waals surface area contributed by atoms with E-state index in [0.29, 0.717) is 17.5 Å². The summed E-state index contributed by atoms with van der Waals surface area (Å²) in [5.74, 6) is -0.342. The first-order valence-electron chi connectivity index (χ1n) is 8.60. The van der Waals surface area contributed by atoms with E-state index >= 15 is 0 Å². The Balaban J connectivity index is 1.52. The number of hydrogen-bond donors (Lipinski definition) is 2. The number of carbonyl (C=O) groups excluding carboxylic acids is 2. The standard InChI is InChI=1S/C17H26BrN3O2S/c1-13-6-2-4-10-21(13)11-5-3-9-19-16(22)12-20-17(23)14-7-8-15(18)24-14/h7-8,13H,2-6,9-12H2,1H3,(H,19,22)(H,20,23). The molecule has 2 rings (SSSR count). The van der Waals surface area contributed by atoms with Gasteiger partial charge in [0.1, 0.15) is 0 Å². The smallest absolute Gasteiger partial charge is 0.261 e. The van der Waals surface area contributed by atoms with Gasteiger partial charge in [0.25, 0.3) is 5.91 Å². The van der Waals surface area contributed by atoms with Crippen molar-refractivity contribution in [2.45, 2.75) is 45.1 Å². The van der Waals surface area contributed by atoms with Crippen LogP contribution in [0.25, 0.3) is 0 Å². The summed E-state index contributed by atoms with van der Waals surface area (Å²) in [6.07, 6.45) is 6.03. The van der Waals surface area contributed by atoms with Crippen LogP contribution in [0, 0.1) is 0 Å². The molecule has 2 N–H and O–H groups in total. The van der Waals surface area contributed by atoms with E-state index in [1.165, 1.54) is 37.1 Å². The summed E-state index contributed by atoms with van der Waals surface area (Å²) in [5, 5.41) is 5.51. The second-order valence-electron chi connectivity index (χ2n) is 6.22. The number of carbonyl (C=O) groups is 2. The van der Waals surface area contributed by atoms with Crippen LogP contribution in [0.2, 0.25) is 0 Å². The maximum atomic E-state index is 11.8. The van der Waals surface area contributed by atoms with Crippen molar-refractivity contribution in [2.75, 3.05) is 26.2 Å². The van der Waals surface area contributed by atoms with E-state index < -0.39 is 0 Å². The Hall–Kier alpha value is -0.920. The monoisotopic (exact) mass is 415 g/mol. The molecule has 0 spiro atoms. The number of nitrogens with zero attached hydrogens (tertiary/aromatic N) is 1. The lowest BCUT2D eigenvalue weighted by atomic mass is 10.0. The molecule has 1 aromatic heterocycles. The van der Waals surface area contributed by atoms with E-state index in [2.05, 4.69) is 38.4 Å². The molecule has 0 radical (unpaired) electrons. The molecule has 1 aliphatic rings. The first-order valence-corrected chi connectivity index (χ1v) is 10.2. The zero-order chi connectivity index (χ0) is 17.4. The summed E-state index contributed by atoms with van der Waals surface area (Å²) in [7, 11) is 0. The Labute approximate surface area is 156 Å². The van der Waals surface area contributed by atoms with Crippen LogP contribution >= 0.6 is 27.3 Å². The minimum atomic E-state index is -0.208. The molecule has 0 aliphatic carbocycles. The van der Waals surface area contributed by atoms with E-state index in [0.717, 1.165) is 23.2 Å². The molecular formula is C17H26BrN3O2S. The van der Waals surface area contributed by atoms with Crippen molar-refractivity contribution in [1.82, 2.24) is 15.5 Å². The van der Waals surface area contributed by atoms with Crippen LogP contribution in [0.1, 0.15) is 48.7 Å². The zero-order valence-electron chi connectivity index (χ0n) is 14.1. The number of hydrogen-bond acceptors (Lipinski definition) is 4. The lowest BCUT2D eigenvalue weighted by Gasteiger charge is -2.33. The van der Waals surface area contributed by atoms with Crippen molar-refractivity contribution < 1.29 is 9.59 Å². The lowest BCUT2D eigenvalue weighted by molar-refractivity contribution is -0.120. The highest BCUT2D eigenvalue weighted by atomic mass is 79.9. The molecule has 0 saturated carbocycles. The van der Waals surface area contributed by atoms with Gasteiger partial charge in [0, 0.05) is 12.6 Å². The molecule has 24 heavy (non-hydrogen) atoms. The van der Waals surface area contributed by atoms with Gasteiger partial charge in [-0.15, -0.1) is 11.3 Å². The van der Waals surface area contributed by atoms with E-state index in [9.17, 15) is 9.59 Å². The van der Waals surface area contributed by atoms with E-state index in [1.54, 1.807) is 6.07 Å². The number of unbranched alkanes of at least 4 members (excludes halogenated alkanes) is 1. The van der Waals surface area contributed by atoms with Gasteiger partial charge in [0.05, 0.1) is 15.2 Å². The van der Waals surface area contributed by atoms with Crippen LogP contribution in [0.15, 0.2) is 15.9 Å². The Morgan fingerprint density at radius 3 is 2.83 bits per heavy atom. The third-order valence-electron chi connectivity index (χ3n) is 4.34. The number of piperidine rings is 1. The fourth-order valence-corrected chi connectivity index (χ4v) is 4.21. The molecule has 5 nitrogen and oxygen atoms in total. The van der Waals surface area contributed by atoms with Crippen LogP contribution < -0.4 is 10.6 Å². The summed E-state index contributed by atoms with van der Waals surface area (Å²) in [6.45, 7) is 5.31. The highest BCUT2D eigenvalue weighted by Gasteiger charge is 2.17. The molecule has 2 amide bonds. The quantitative estimate of drug-likeness (QED) is 0.641. The van der Waals surface area contributed by atoms with E-state index in [-0.39, 0.29) is 18.4 Å². The fourth-order valence-electron chi connectivity index (χ4n) is 2.90. The Kier molecular flexibility index (Phi) is 8.21. The van der Waals surface area contributed by atoms with Crippen molar-refractivity contribution in [2.24, 2.45) is 0 Å². The summed E-state index contributed by atoms with van der Waals surface area (Å²) in [4.78, 5) is 26.7. The van der Waals surface area contributed by atoms with Gasteiger partial charge < -0.3 is 15.5 Å². The maximum Gasteiger partial charge on any atom is 0.261 e. The SMILES string of the molecule is CC1CCCCN1CCCCNC(=O)CNC(=O)c1ccc(Br)s1. The Morgan fingerprint density at radius 1 is 1.29 bits per heavy atom. The highest BCUT2D eigenvalue weighted by molar-refractivity contribution is 9.11. The van der Waals surface area contributed by atoms with Gasteiger partial charge in [-0.2, -0.15) is 0 Å². The lowest BCUT2D eigenvalue weighted by Crippen LogP contribution is -2.39. The van der Waals surface area contributed by atoms with Crippen LogP contribution in [0.5, 0.6) is 0 Å². The summed E-state index contributed by atoms with van der Waals surface area (Å²) in [6, 6.07) is 4.26. The molecule has 1 fully saturated rings. The molecule has 7 heteroatoms. The normalized spacial score (nSPS) is 18.3. The molecule has 2 heterocycles. The van der Waals surface area contributed by atoms with Gasteiger partial charge >= 0.3 is 0 Å². The number of thiophene rings is 1. The minimum absolute atomic E-state index is 0.0253. The van der Waals surface area contributed by atoms with Gasteiger partial charge in [-0.25, -0.2) is 0 Å². The molecule has 1 unspecified atom stereocenters. The van der Waals surface area contributed by atoms with Crippen LogP contribution in [0.3, 0.4) is 0 Å². The van der Waals surface area contributed by atoms with E-state index in [1.807, 2.05) is 6.07 Å². The average Bonchev–Trinajstić information content (AvgIpc) is 3.00. The average molecular weight is 416 g/mol. The van der Waals surface area contributed by atoms with Crippen LogP contribution in [0.4, 0.5) is 0 Å². The largest absolute Gasteiger partial charge is 0.355 e. The maximum absolute atomic E-state index is 11.8. The van der Waals surface area contributed by atoms with Gasteiger partial charge in [-0.05, 0) is 73.8 Å². The second kappa shape index (κ2) is 10.2. The van der Waals surface area contributed by atoms with Crippen LogP contribution in [-0.2, 0) is 4.79 Å². The number of likely N-dealkylation sites (tertiary alicyclic amines) is 1. The Morgan fingerprint density at radius 2 is 2.12 bits per heavy atom. The molecule has 134 valence electrons. The minimum Gasteiger partial charge on any atom is -0.355 e. The number of nitrogens with one attached hydrogen (secondary N) is 2. The number of amides is 2. The third kappa shape index (κ3) is 6.53. The topological polar surface area (TPSA) is 61.4 Å². The van der Waals surface area contributed by atoms with E-state index in [4.69, 9.17) is 0 Å². The predicted molar refractivity (Wildman–Crippen MR) is 101 cm³/mol. The Bertz CT molecular complexity index is 550. The van der Waals surface area contributed by atoms with Gasteiger partial charge in [-0.3, -0.25) is 9.59 Å². The molecule has 1 saturated heterocycles. The number of rotatable bonds is 8. The second-order valence-corrected chi connectivity index (χ2v) is 8.69. The number of halogens is 1. The predicted octanol–water partition coefficient (Wildman–Crippen LogP) is 3.01. The highest BCUT2D eigenvalue weighted by Crippen LogP contribution is 2.21. The summed E-state index contributed by atoms with van der Waals surface area (Å²) < 4.78 is 0.903. The first kappa shape index (κ1) is 19.4. The van der Waals surface area contributed by atoms with Crippen molar-refractivity contribution in [3.63, 3.8) is 0 Å². The zero-order valence-corrected chi connectivity index (χ0v) is 16.5. The van der Waals surface area contributed by atoms with Gasteiger partial charge in [0.15, 0.2) is 0 Å².